The first-order chi connectivity index (χ1) is 6.70. The lowest BCUT2D eigenvalue weighted by Crippen LogP contribution is -1.83. The van der Waals surface area contributed by atoms with Crippen molar-refractivity contribution in [2.24, 2.45) is 0 Å². The zero-order chi connectivity index (χ0) is 10.7. The van der Waals surface area contributed by atoms with Crippen molar-refractivity contribution < 1.29 is 4.42 Å². The van der Waals surface area contributed by atoms with Gasteiger partial charge < -0.3 is 4.42 Å². The van der Waals surface area contributed by atoms with Gasteiger partial charge in [0.1, 0.15) is 5.58 Å². The van der Waals surface area contributed by atoms with E-state index in [1.165, 1.54) is 22.1 Å². The van der Waals surface area contributed by atoms with Crippen LogP contribution in [0.25, 0.3) is 11.0 Å². The molecule has 2 aromatic rings. The Bertz CT molecular complexity index is 424. The molecule has 0 spiro atoms. The van der Waals surface area contributed by atoms with Crippen LogP contribution in [0.15, 0.2) is 22.8 Å². The van der Waals surface area contributed by atoms with Crippen molar-refractivity contribution in [1.29, 1.82) is 0 Å². The van der Waals surface area contributed by atoms with Gasteiger partial charge >= 0.3 is 0 Å². The van der Waals surface area contributed by atoms with Crippen LogP contribution in [0.1, 0.15) is 30.5 Å². The lowest BCUT2D eigenvalue weighted by Gasteiger charge is -2.02. The minimum atomic E-state index is 1.03. The average Bonchev–Trinajstić information content (AvgIpc) is 2.67. The van der Waals surface area contributed by atoms with E-state index in [4.69, 9.17) is 4.42 Å². The van der Waals surface area contributed by atoms with Gasteiger partial charge in [0.05, 0.1) is 6.26 Å². The first kappa shape index (κ1) is 10.8. The van der Waals surface area contributed by atoms with E-state index in [2.05, 4.69) is 26.8 Å². The molecule has 76 valence electrons. The first-order valence-electron chi connectivity index (χ1n) is 5.14. The summed E-state index contributed by atoms with van der Waals surface area (Å²) in [6, 6.07) is 4.23. The van der Waals surface area contributed by atoms with Gasteiger partial charge in [-0.1, -0.05) is 19.9 Å². The van der Waals surface area contributed by atoms with Crippen LogP contribution in [-0.2, 0) is 0 Å². The van der Waals surface area contributed by atoms with Crippen LogP contribution in [0.2, 0.25) is 0 Å². The predicted octanol–water partition coefficient (Wildman–Crippen LogP) is 4.38. The van der Waals surface area contributed by atoms with Crippen LogP contribution in [0.4, 0.5) is 0 Å². The summed E-state index contributed by atoms with van der Waals surface area (Å²) < 4.78 is 5.41. The van der Waals surface area contributed by atoms with Crippen molar-refractivity contribution >= 4 is 11.0 Å². The Morgan fingerprint density at radius 2 is 1.64 bits per heavy atom. The van der Waals surface area contributed by atoms with Gasteiger partial charge in [-0.2, -0.15) is 0 Å². The smallest absolute Gasteiger partial charge is 0.137 e. The quantitative estimate of drug-likeness (QED) is 0.600. The van der Waals surface area contributed by atoms with E-state index in [0.717, 1.165) is 5.58 Å². The molecule has 2 rings (SSSR count). The molecule has 1 aromatic heterocycles. The number of aryl methyl sites for hydroxylation is 3. The molecule has 1 aromatic carbocycles. The lowest BCUT2D eigenvalue weighted by atomic mass is 10.0. The molecule has 0 saturated carbocycles. The maximum atomic E-state index is 5.41. The van der Waals surface area contributed by atoms with Crippen molar-refractivity contribution in [2.75, 3.05) is 0 Å². The third-order valence-corrected chi connectivity index (χ3v) is 2.46. The largest absolute Gasteiger partial charge is 0.464 e. The molecule has 0 aliphatic rings. The van der Waals surface area contributed by atoms with Gasteiger partial charge in [0, 0.05) is 5.39 Å². The van der Waals surface area contributed by atoms with Crippen LogP contribution in [-0.4, -0.2) is 0 Å². The molecule has 0 unspecified atom stereocenters. The summed E-state index contributed by atoms with van der Waals surface area (Å²) in [4.78, 5) is 0. The summed E-state index contributed by atoms with van der Waals surface area (Å²) in [5.74, 6) is 0. The third kappa shape index (κ3) is 1.67. The minimum Gasteiger partial charge on any atom is -0.464 e. The van der Waals surface area contributed by atoms with Gasteiger partial charge in [0.2, 0.25) is 0 Å². The Morgan fingerprint density at radius 1 is 1.00 bits per heavy atom. The number of hydrogen-bond donors (Lipinski definition) is 0. The number of hydrogen-bond acceptors (Lipinski definition) is 1. The van der Waals surface area contributed by atoms with Crippen molar-refractivity contribution in [2.45, 2.75) is 34.6 Å². The van der Waals surface area contributed by atoms with Crippen LogP contribution in [0.5, 0.6) is 0 Å². The topological polar surface area (TPSA) is 13.1 Å². The first-order valence-corrected chi connectivity index (χ1v) is 5.14. The monoisotopic (exact) mass is 190 g/mol. The van der Waals surface area contributed by atoms with Gasteiger partial charge in [-0.25, -0.2) is 0 Å². The molecule has 0 amide bonds. The highest BCUT2D eigenvalue weighted by molar-refractivity contribution is 5.84. The second kappa shape index (κ2) is 4.32. The number of furan rings is 1. The van der Waals surface area contributed by atoms with E-state index in [1.54, 1.807) is 6.26 Å². The summed E-state index contributed by atoms with van der Waals surface area (Å²) in [5.41, 5.74) is 4.88. The summed E-state index contributed by atoms with van der Waals surface area (Å²) in [6.07, 6.45) is 1.75. The Kier molecular flexibility index (Phi) is 3.34. The molecule has 0 bridgehead atoms. The SMILES string of the molecule is CC.Cc1cc(C)c2ccoc2c1C. The molecule has 1 nitrogen and oxygen atoms in total. The Hall–Kier alpha value is -1.24. The molecule has 1 heterocycles. The van der Waals surface area contributed by atoms with Crippen molar-refractivity contribution in [3.63, 3.8) is 0 Å². The van der Waals surface area contributed by atoms with E-state index >= 15 is 0 Å². The predicted molar refractivity (Wildman–Crippen MR) is 61.8 cm³/mol. The molecule has 14 heavy (non-hydrogen) atoms. The van der Waals surface area contributed by atoms with Gasteiger partial charge in [0.15, 0.2) is 0 Å². The Balaban J connectivity index is 0.000000461. The molecular formula is C13H18O. The van der Waals surface area contributed by atoms with E-state index in [9.17, 15) is 0 Å². The zero-order valence-electron chi connectivity index (χ0n) is 9.64. The zero-order valence-corrected chi connectivity index (χ0v) is 9.64. The Morgan fingerprint density at radius 3 is 2.29 bits per heavy atom. The molecule has 1 heteroatoms. The minimum absolute atomic E-state index is 1.03. The fraction of sp³-hybridized carbons (Fsp3) is 0.385. The molecule has 0 aliphatic heterocycles. The van der Waals surface area contributed by atoms with Crippen LogP contribution >= 0.6 is 0 Å². The molecule has 0 fully saturated rings. The molecule has 0 atom stereocenters. The highest BCUT2D eigenvalue weighted by Gasteiger charge is 2.05. The van der Waals surface area contributed by atoms with Crippen molar-refractivity contribution in [3.05, 3.63) is 35.1 Å². The maximum Gasteiger partial charge on any atom is 0.137 e. The van der Waals surface area contributed by atoms with Crippen molar-refractivity contribution in [3.8, 4) is 0 Å². The van der Waals surface area contributed by atoms with Gasteiger partial charge in [0.25, 0.3) is 0 Å². The van der Waals surface area contributed by atoms with Gasteiger partial charge in [-0.15, -0.1) is 0 Å². The molecule has 0 radical (unpaired) electrons. The van der Waals surface area contributed by atoms with Gasteiger partial charge in [-0.3, -0.25) is 0 Å². The molecule has 0 saturated heterocycles. The summed E-state index contributed by atoms with van der Waals surface area (Å²) >= 11 is 0. The average molecular weight is 190 g/mol. The van der Waals surface area contributed by atoms with E-state index in [-0.39, 0.29) is 0 Å². The normalized spacial score (nSPS) is 9.79. The molecule has 0 aliphatic carbocycles. The van der Waals surface area contributed by atoms with E-state index in [0.29, 0.717) is 0 Å². The fourth-order valence-electron chi connectivity index (χ4n) is 1.60. The highest BCUT2D eigenvalue weighted by atomic mass is 16.3. The summed E-state index contributed by atoms with van der Waals surface area (Å²) in [6.45, 7) is 10.3. The van der Waals surface area contributed by atoms with Crippen LogP contribution in [0, 0.1) is 20.8 Å². The number of rotatable bonds is 0. The number of fused-ring (bicyclic) bond motifs is 1. The van der Waals surface area contributed by atoms with Crippen molar-refractivity contribution in [1.82, 2.24) is 0 Å². The highest BCUT2D eigenvalue weighted by Crippen LogP contribution is 2.25. The lowest BCUT2D eigenvalue weighted by molar-refractivity contribution is 0.613. The standard InChI is InChI=1S/C11H12O.C2H6/c1-7-6-8(2)10-4-5-12-11(10)9(7)3;1-2/h4-6H,1-3H3;1-2H3. The maximum absolute atomic E-state index is 5.41. The number of benzene rings is 1. The van der Waals surface area contributed by atoms with Crippen LogP contribution < -0.4 is 0 Å². The van der Waals surface area contributed by atoms with Crippen LogP contribution in [0.3, 0.4) is 0 Å². The molecular weight excluding hydrogens is 172 g/mol. The van der Waals surface area contributed by atoms with Gasteiger partial charge in [-0.05, 0) is 43.5 Å². The second-order valence-electron chi connectivity index (χ2n) is 3.30. The Labute approximate surface area is 85.7 Å². The second-order valence-corrected chi connectivity index (χ2v) is 3.30. The third-order valence-electron chi connectivity index (χ3n) is 2.46. The molecule has 0 N–H and O–H groups in total. The summed E-state index contributed by atoms with van der Waals surface area (Å²) in [5, 5.41) is 1.23. The fourth-order valence-corrected chi connectivity index (χ4v) is 1.60. The van der Waals surface area contributed by atoms with E-state index in [1.807, 2.05) is 19.9 Å². The van der Waals surface area contributed by atoms with E-state index < -0.39 is 0 Å². The summed E-state index contributed by atoms with van der Waals surface area (Å²) in [7, 11) is 0.